The van der Waals surface area contributed by atoms with Gasteiger partial charge in [-0.05, 0) is 36.4 Å². The number of hydrogen-bond donors (Lipinski definition) is 0. The zero-order valence-electron chi connectivity index (χ0n) is 13.6. The van der Waals surface area contributed by atoms with Crippen molar-refractivity contribution in [3.63, 3.8) is 0 Å². The number of rotatable bonds is 4. The molecule has 0 aliphatic carbocycles. The highest BCUT2D eigenvalue weighted by Crippen LogP contribution is 2.23. The minimum Gasteiger partial charge on any atom is -0.472 e. The summed E-state index contributed by atoms with van der Waals surface area (Å²) in [6, 6.07) is 14.7. The Balaban J connectivity index is 1.73. The molecule has 25 heavy (non-hydrogen) atoms. The summed E-state index contributed by atoms with van der Waals surface area (Å²) in [6.07, 6.45) is 6.58. The summed E-state index contributed by atoms with van der Waals surface area (Å²) in [7, 11) is -3.20. The number of sulfone groups is 1. The molecule has 3 heterocycles. The standard InChI is InChI=1S/C19H16N2O3S/c1-25(22,23)17-5-2-15(3-6-17)18-7-4-16-8-10-21(19(16)20-18)12-14-9-11-24-13-14/h2-11,13H,12H2,1H3. The number of pyridine rings is 1. The van der Waals surface area contributed by atoms with Crippen LogP contribution in [-0.4, -0.2) is 24.2 Å². The van der Waals surface area contributed by atoms with Crippen LogP contribution >= 0.6 is 0 Å². The topological polar surface area (TPSA) is 65.1 Å². The summed E-state index contributed by atoms with van der Waals surface area (Å²) < 4.78 is 30.4. The summed E-state index contributed by atoms with van der Waals surface area (Å²) in [4.78, 5) is 5.07. The Morgan fingerprint density at radius 3 is 2.52 bits per heavy atom. The molecule has 0 bridgehead atoms. The van der Waals surface area contributed by atoms with Crippen molar-refractivity contribution in [3.05, 3.63) is 72.8 Å². The fourth-order valence-electron chi connectivity index (χ4n) is 2.80. The van der Waals surface area contributed by atoms with Gasteiger partial charge in [-0.3, -0.25) is 0 Å². The lowest BCUT2D eigenvalue weighted by Crippen LogP contribution is -1.99. The SMILES string of the molecule is CS(=O)(=O)c1ccc(-c2ccc3ccn(Cc4ccoc4)c3n2)cc1. The highest BCUT2D eigenvalue weighted by Gasteiger charge is 2.09. The third kappa shape index (κ3) is 3.08. The third-order valence-corrected chi connectivity index (χ3v) is 5.25. The van der Waals surface area contributed by atoms with Crippen LogP contribution in [0.15, 0.2) is 76.6 Å². The molecule has 0 aliphatic heterocycles. The second kappa shape index (κ2) is 5.89. The van der Waals surface area contributed by atoms with Crippen LogP contribution in [0.4, 0.5) is 0 Å². The molecule has 0 saturated heterocycles. The van der Waals surface area contributed by atoms with Gasteiger partial charge in [0.25, 0.3) is 0 Å². The largest absolute Gasteiger partial charge is 0.472 e. The molecule has 0 atom stereocenters. The zero-order chi connectivity index (χ0) is 17.4. The lowest BCUT2D eigenvalue weighted by molar-refractivity contribution is 0.562. The van der Waals surface area contributed by atoms with E-state index >= 15 is 0 Å². The molecule has 0 fully saturated rings. The normalized spacial score (nSPS) is 11.9. The summed E-state index contributed by atoms with van der Waals surface area (Å²) in [6.45, 7) is 0.684. The fraction of sp³-hybridized carbons (Fsp3) is 0.105. The molecule has 0 saturated carbocycles. The third-order valence-electron chi connectivity index (χ3n) is 4.12. The van der Waals surface area contributed by atoms with Gasteiger partial charge < -0.3 is 8.98 Å². The molecule has 4 aromatic rings. The van der Waals surface area contributed by atoms with Gasteiger partial charge >= 0.3 is 0 Å². The molecule has 4 rings (SSSR count). The van der Waals surface area contributed by atoms with E-state index in [0.29, 0.717) is 11.4 Å². The Morgan fingerprint density at radius 2 is 1.84 bits per heavy atom. The summed E-state index contributed by atoms with van der Waals surface area (Å²) in [5.41, 5.74) is 3.64. The maximum absolute atomic E-state index is 11.6. The van der Waals surface area contributed by atoms with Crippen molar-refractivity contribution in [1.29, 1.82) is 0 Å². The number of fused-ring (bicyclic) bond motifs is 1. The number of furan rings is 1. The van der Waals surface area contributed by atoms with E-state index in [1.807, 2.05) is 30.5 Å². The Morgan fingerprint density at radius 1 is 1.04 bits per heavy atom. The first kappa shape index (κ1) is 15.7. The second-order valence-electron chi connectivity index (χ2n) is 5.98. The van der Waals surface area contributed by atoms with Gasteiger partial charge in [0.15, 0.2) is 9.84 Å². The van der Waals surface area contributed by atoms with E-state index < -0.39 is 9.84 Å². The number of benzene rings is 1. The minimum absolute atomic E-state index is 0.306. The second-order valence-corrected chi connectivity index (χ2v) is 8.00. The van der Waals surface area contributed by atoms with E-state index in [1.165, 1.54) is 6.26 Å². The van der Waals surface area contributed by atoms with Crippen LogP contribution < -0.4 is 0 Å². The molecule has 0 aliphatic rings. The average Bonchev–Trinajstić information content (AvgIpc) is 3.24. The first-order valence-electron chi connectivity index (χ1n) is 7.78. The van der Waals surface area contributed by atoms with Crippen molar-refractivity contribution >= 4 is 20.9 Å². The monoisotopic (exact) mass is 352 g/mol. The lowest BCUT2D eigenvalue weighted by atomic mass is 10.1. The quantitative estimate of drug-likeness (QED) is 0.561. The first-order chi connectivity index (χ1) is 12.0. The summed E-state index contributed by atoms with van der Waals surface area (Å²) >= 11 is 0. The van der Waals surface area contributed by atoms with E-state index in [9.17, 15) is 8.42 Å². The van der Waals surface area contributed by atoms with E-state index in [4.69, 9.17) is 9.40 Å². The van der Waals surface area contributed by atoms with Crippen LogP contribution in [0.25, 0.3) is 22.3 Å². The van der Waals surface area contributed by atoms with Crippen molar-refractivity contribution in [3.8, 4) is 11.3 Å². The Kier molecular flexibility index (Phi) is 3.69. The zero-order valence-corrected chi connectivity index (χ0v) is 14.4. The maximum atomic E-state index is 11.6. The van der Waals surface area contributed by atoms with Crippen LogP contribution in [0.3, 0.4) is 0 Å². The van der Waals surface area contributed by atoms with E-state index in [1.54, 1.807) is 36.8 Å². The Bertz CT molecular complexity index is 1130. The molecule has 5 nitrogen and oxygen atoms in total. The van der Waals surface area contributed by atoms with Gasteiger partial charge in [-0.25, -0.2) is 13.4 Å². The van der Waals surface area contributed by atoms with Crippen LogP contribution in [0.2, 0.25) is 0 Å². The predicted molar refractivity (Wildman–Crippen MR) is 96.1 cm³/mol. The summed E-state index contributed by atoms with van der Waals surface area (Å²) in [5, 5.41) is 1.06. The van der Waals surface area contributed by atoms with Gasteiger partial charge in [0.2, 0.25) is 0 Å². The van der Waals surface area contributed by atoms with Gasteiger partial charge in [0.05, 0.1) is 29.7 Å². The van der Waals surface area contributed by atoms with Crippen molar-refractivity contribution in [1.82, 2.24) is 9.55 Å². The average molecular weight is 352 g/mol. The molecule has 0 N–H and O–H groups in total. The molecule has 1 aromatic carbocycles. The highest BCUT2D eigenvalue weighted by atomic mass is 32.2. The number of aromatic nitrogens is 2. The fourth-order valence-corrected chi connectivity index (χ4v) is 3.43. The lowest BCUT2D eigenvalue weighted by Gasteiger charge is -2.06. The molecule has 3 aromatic heterocycles. The molecule has 6 heteroatoms. The molecule has 0 unspecified atom stereocenters. The van der Waals surface area contributed by atoms with Crippen molar-refractivity contribution in [2.45, 2.75) is 11.4 Å². The molecule has 0 spiro atoms. The number of hydrogen-bond acceptors (Lipinski definition) is 4. The van der Waals surface area contributed by atoms with Gasteiger partial charge in [0.1, 0.15) is 5.65 Å². The van der Waals surface area contributed by atoms with E-state index in [2.05, 4.69) is 4.57 Å². The number of nitrogens with zero attached hydrogens (tertiary/aromatic N) is 2. The summed E-state index contributed by atoms with van der Waals surface area (Å²) in [5.74, 6) is 0. The van der Waals surface area contributed by atoms with Crippen LogP contribution in [0.1, 0.15) is 5.56 Å². The smallest absolute Gasteiger partial charge is 0.175 e. The van der Waals surface area contributed by atoms with Crippen LogP contribution in [0.5, 0.6) is 0 Å². The van der Waals surface area contributed by atoms with Gasteiger partial charge in [0, 0.05) is 29.0 Å². The Hall–Kier alpha value is -2.86. The van der Waals surface area contributed by atoms with Crippen molar-refractivity contribution in [2.24, 2.45) is 0 Å². The van der Waals surface area contributed by atoms with Gasteiger partial charge in [-0.2, -0.15) is 0 Å². The molecular formula is C19H16N2O3S. The van der Waals surface area contributed by atoms with Gasteiger partial charge in [-0.1, -0.05) is 12.1 Å². The first-order valence-corrected chi connectivity index (χ1v) is 9.67. The molecule has 0 amide bonds. The maximum Gasteiger partial charge on any atom is 0.175 e. The highest BCUT2D eigenvalue weighted by molar-refractivity contribution is 7.90. The van der Waals surface area contributed by atoms with Crippen LogP contribution in [0, 0.1) is 0 Å². The Labute approximate surface area is 145 Å². The molecular weight excluding hydrogens is 336 g/mol. The van der Waals surface area contributed by atoms with E-state index in [-0.39, 0.29) is 0 Å². The molecule has 0 radical (unpaired) electrons. The predicted octanol–water partition coefficient (Wildman–Crippen LogP) is 3.75. The van der Waals surface area contributed by atoms with Crippen molar-refractivity contribution < 1.29 is 12.8 Å². The van der Waals surface area contributed by atoms with E-state index in [0.717, 1.165) is 27.9 Å². The van der Waals surface area contributed by atoms with Crippen molar-refractivity contribution in [2.75, 3.05) is 6.26 Å². The van der Waals surface area contributed by atoms with Gasteiger partial charge in [-0.15, -0.1) is 0 Å². The molecule has 126 valence electrons. The minimum atomic E-state index is -3.20. The van der Waals surface area contributed by atoms with Crippen LogP contribution in [-0.2, 0) is 16.4 Å².